The van der Waals surface area contributed by atoms with Gasteiger partial charge in [-0.05, 0) is 0 Å². The van der Waals surface area contributed by atoms with Crippen LogP contribution < -0.4 is 39.1 Å². The fraction of sp³-hybridized carbons (Fsp3) is 0. The zero-order valence-electron chi connectivity index (χ0n) is 9.55. The van der Waals surface area contributed by atoms with Gasteiger partial charge in [0.2, 0.25) is 0 Å². The number of rotatable bonds is 0. The van der Waals surface area contributed by atoms with Crippen LogP contribution in [0.4, 0.5) is 0 Å². The molecule has 0 aliphatic heterocycles. The van der Waals surface area contributed by atoms with Crippen LogP contribution in [0.5, 0.6) is 0 Å². The molecule has 23 heteroatoms. The molecule has 0 rings (SSSR count). The summed E-state index contributed by atoms with van der Waals surface area (Å²) in [5.41, 5.74) is -14.9. The van der Waals surface area contributed by atoms with E-state index in [4.69, 9.17) is 0 Å². The van der Waals surface area contributed by atoms with E-state index in [0.29, 0.717) is 0 Å². The normalized spacial score (nSPS) is 10.3. The maximum absolute atomic E-state index is 9.29. The van der Waals surface area contributed by atoms with Gasteiger partial charge in [0.1, 0.15) is 0 Å². The average Bonchev–Trinajstić information content (AvgIpc) is 1.62. The van der Waals surface area contributed by atoms with Gasteiger partial charge >= 0.3 is 63.2 Å². The van der Waals surface area contributed by atoms with Crippen molar-refractivity contribution in [3.05, 3.63) is 0 Å². The Labute approximate surface area is 218 Å². The van der Waals surface area contributed by atoms with E-state index in [1.165, 1.54) is 0 Å². The summed E-state index contributed by atoms with van der Waals surface area (Å²) >= 11 is 29.1. The molecule has 0 heterocycles. The van der Waals surface area contributed by atoms with Crippen LogP contribution in [0.15, 0.2) is 0 Å². The summed E-state index contributed by atoms with van der Waals surface area (Å²) < 4.78 is 0. The molecular formula is Mo3O8P4S8. The molecular weight excluding hydrogens is 796 g/mol. The van der Waals surface area contributed by atoms with Crippen molar-refractivity contribution < 1.29 is 102 Å². The van der Waals surface area contributed by atoms with E-state index in [1.54, 1.807) is 0 Å². The van der Waals surface area contributed by atoms with Gasteiger partial charge in [-0.1, -0.05) is 0 Å². The molecule has 0 saturated carbocycles. The van der Waals surface area contributed by atoms with Crippen LogP contribution in [-0.4, -0.2) is 0 Å². The maximum Gasteiger partial charge on any atom is 4.00 e. The third-order valence-electron chi connectivity index (χ3n) is 0. The predicted octanol–water partition coefficient (Wildman–Crippen LogP) is -6.09. The molecule has 0 bridgehead atoms. The Morgan fingerprint density at radius 3 is 0.391 bits per heavy atom. The summed E-state index contributed by atoms with van der Waals surface area (Å²) in [7, 11) is 0. The Balaban J connectivity index is -0.0000000284. The van der Waals surface area contributed by atoms with Crippen molar-refractivity contribution in [3.8, 4) is 0 Å². The van der Waals surface area contributed by atoms with Crippen LogP contribution >= 0.6 is 22.8 Å². The van der Waals surface area contributed by atoms with Crippen molar-refractivity contribution in [3.63, 3.8) is 0 Å². The van der Waals surface area contributed by atoms with Gasteiger partial charge in [-0.2, -0.15) is 47.2 Å². The van der Waals surface area contributed by atoms with Crippen LogP contribution in [0.3, 0.4) is 0 Å². The van der Waals surface area contributed by atoms with Crippen LogP contribution in [-0.2, 0) is 159 Å². The first-order valence-corrected chi connectivity index (χ1v) is 17.5. The molecule has 0 unspecified atom stereocenters. The summed E-state index contributed by atoms with van der Waals surface area (Å²) in [4.78, 5) is 74.3. The van der Waals surface area contributed by atoms with Crippen molar-refractivity contribution in [2.24, 2.45) is 0 Å². The van der Waals surface area contributed by atoms with Gasteiger partial charge in [0.05, 0.1) is 0 Å². The molecule has 0 fully saturated rings. The van der Waals surface area contributed by atoms with Gasteiger partial charge < -0.3 is 111 Å². The summed E-state index contributed by atoms with van der Waals surface area (Å²) in [5, 5.41) is 0. The molecule has 0 amide bonds. The molecule has 0 spiro atoms. The third-order valence-corrected chi connectivity index (χ3v) is 0. The SMILES string of the molecule is [Mo+4].[Mo+4].[Mo+4].[O-]P([O-])(=S)[S-].[O-]P([O-])(=S)[S-].[O-]P([O-])(=S)[S-].[O-]P([O-])(=S)[S-]. The van der Waals surface area contributed by atoms with E-state index >= 15 is 0 Å². The molecule has 0 atom stereocenters. The number of hydrogen-bond acceptors (Lipinski definition) is 16. The van der Waals surface area contributed by atoms with Crippen LogP contribution in [0.1, 0.15) is 0 Å². The van der Waals surface area contributed by atoms with Gasteiger partial charge in [-0.15, -0.1) is 0 Å². The van der Waals surface area contributed by atoms with Crippen LogP contribution in [0.25, 0.3) is 0 Å². The van der Waals surface area contributed by atoms with Crippen molar-refractivity contribution in [2.75, 3.05) is 0 Å². The maximum atomic E-state index is 9.29. The number of hydrogen-bond donors (Lipinski definition) is 0. The quantitative estimate of drug-likeness (QED) is 0.128. The molecule has 0 saturated heterocycles. The van der Waals surface area contributed by atoms with Gasteiger partial charge in [0, 0.05) is 0 Å². The summed E-state index contributed by atoms with van der Waals surface area (Å²) in [6.45, 7) is 0. The van der Waals surface area contributed by atoms with Crippen molar-refractivity contribution >= 4 is 119 Å². The van der Waals surface area contributed by atoms with E-state index in [0.717, 1.165) is 0 Å². The zero-order chi connectivity index (χ0) is 18.0. The Kier molecular flexibility index (Phi) is 45.6. The molecule has 0 radical (unpaired) electrons. The topological polar surface area (TPSA) is 184 Å². The first kappa shape index (κ1) is 46.8. The van der Waals surface area contributed by atoms with E-state index in [-0.39, 0.29) is 63.2 Å². The second-order valence-corrected chi connectivity index (χ2v) is 19.7. The molecule has 0 aromatic heterocycles. The monoisotopic (exact) mass is 801 g/mol. The molecule has 0 aromatic rings. The van der Waals surface area contributed by atoms with E-state index in [2.05, 4.69) is 96.2 Å². The summed E-state index contributed by atoms with van der Waals surface area (Å²) in [5.74, 6) is 0. The molecule has 8 nitrogen and oxygen atoms in total. The largest absolute Gasteiger partial charge is 4.00 e. The molecule has 0 N–H and O–H groups in total. The summed E-state index contributed by atoms with van der Waals surface area (Å²) in [6.07, 6.45) is 0. The molecule has 0 aliphatic rings. The average molecular weight is 796 g/mol. The molecule has 134 valence electrons. The first-order valence-electron chi connectivity index (χ1n) is 2.92. The molecule has 23 heavy (non-hydrogen) atoms. The van der Waals surface area contributed by atoms with E-state index in [9.17, 15) is 39.1 Å². The second kappa shape index (κ2) is 22.4. The van der Waals surface area contributed by atoms with Crippen molar-refractivity contribution in [1.29, 1.82) is 0 Å². The smallest absolute Gasteiger partial charge is 0.850 e. The second-order valence-electron chi connectivity index (χ2n) is 1.79. The Bertz CT molecular complexity index is 308. The Morgan fingerprint density at radius 1 is 0.391 bits per heavy atom. The van der Waals surface area contributed by atoms with Crippen LogP contribution in [0, 0.1) is 0 Å². The fourth-order valence-electron chi connectivity index (χ4n) is 0. The van der Waals surface area contributed by atoms with Gasteiger partial charge in [0.25, 0.3) is 0 Å². The molecule has 0 aliphatic carbocycles. The van der Waals surface area contributed by atoms with E-state index in [1.807, 2.05) is 0 Å². The van der Waals surface area contributed by atoms with Crippen LogP contribution in [0.2, 0.25) is 0 Å². The summed E-state index contributed by atoms with van der Waals surface area (Å²) in [6, 6.07) is 0. The standard InChI is InChI=1S/3Mo.4H3O2PS2/c;;;4*1-3(2,4)5/h;;;4*(H3,1,2,4,5)/q3*+4;;;;/p-12. The Hall–Kier alpha value is 5.74. The minimum absolute atomic E-state index is 0. The third kappa shape index (κ3) is 557. The van der Waals surface area contributed by atoms with Crippen molar-refractivity contribution in [2.45, 2.75) is 0 Å². The van der Waals surface area contributed by atoms with Gasteiger partial charge in [0.15, 0.2) is 0 Å². The van der Waals surface area contributed by atoms with Crippen molar-refractivity contribution in [1.82, 2.24) is 0 Å². The first-order chi connectivity index (χ1) is 8.00. The van der Waals surface area contributed by atoms with Gasteiger partial charge in [-0.25, -0.2) is 0 Å². The Morgan fingerprint density at radius 2 is 0.391 bits per heavy atom. The fourth-order valence-corrected chi connectivity index (χ4v) is 0. The van der Waals surface area contributed by atoms with E-state index < -0.39 is 22.8 Å². The minimum Gasteiger partial charge on any atom is -0.850 e. The zero-order valence-corrected chi connectivity index (χ0v) is 25.7. The minimum atomic E-state index is -3.72. The predicted molar refractivity (Wildman–Crippen MR) is 86.6 cm³/mol. The molecule has 0 aromatic carbocycles. The van der Waals surface area contributed by atoms with Gasteiger partial charge in [-0.3, -0.25) is 0 Å².